The predicted octanol–water partition coefficient (Wildman–Crippen LogP) is 3.93. The SMILES string of the molecule is CCCOC(=O)c1cc2c(o1)c(NC(=O)c1ccc(OC3CCN(C)CC3)cc1)nn2C(=O)OCC. The maximum absolute atomic E-state index is 12.9. The van der Waals surface area contributed by atoms with Crippen LogP contribution in [0.5, 0.6) is 5.75 Å². The third-order valence-electron chi connectivity index (χ3n) is 5.75. The molecule has 1 saturated heterocycles. The summed E-state index contributed by atoms with van der Waals surface area (Å²) in [5.74, 6) is -0.593. The Hall–Kier alpha value is -3.86. The van der Waals surface area contributed by atoms with E-state index in [2.05, 4.69) is 22.4 Å². The highest BCUT2D eigenvalue weighted by Gasteiger charge is 2.25. The van der Waals surface area contributed by atoms with E-state index in [0.717, 1.165) is 30.6 Å². The lowest BCUT2D eigenvalue weighted by Gasteiger charge is -2.29. The summed E-state index contributed by atoms with van der Waals surface area (Å²) in [5, 5.41) is 6.78. The van der Waals surface area contributed by atoms with E-state index in [1.54, 1.807) is 31.2 Å². The Kier molecular flexibility index (Phi) is 7.89. The molecule has 1 aromatic carbocycles. The van der Waals surface area contributed by atoms with Gasteiger partial charge in [0.2, 0.25) is 5.76 Å². The molecule has 3 heterocycles. The summed E-state index contributed by atoms with van der Waals surface area (Å²) in [6.45, 7) is 5.85. The molecule has 36 heavy (non-hydrogen) atoms. The van der Waals surface area contributed by atoms with E-state index < -0.39 is 18.0 Å². The Labute approximate surface area is 208 Å². The Bertz CT molecular complexity index is 1220. The minimum Gasteiger partial charge on any atom is -0.490 e. The van der Waals surface area contributed by atoms with Gasteiger partial charge in [-0.1, -0.05) is 6.92 Å². The zero-order chi connectivity index (χ0) is 25.7. The highest BCUT2D eigenvalue weighted by molar-refractivity contribution is 6.08. The van der Waals surface area contributed by atoms with Crippen LogP contribution in [0.2, 0.25) is 0 Å². The van der Waals surface area contributed by atoms with Crippen molar-refractivity contribution in [1.29, 1.82) is 0 Å². The molecular weight excluding hydrogens is 468 g/mol. The van der Waals surface area contributed by atoms with Crippen molar-refractivity contribution in [3.63, 3.8) is 0 Å². The van der Waals surface area contributed by atoms with Crippen LogP contribution in [0.1, 0.15) is 54.0 Å². The van der Waals surface area contributed by atoms with Crippen molar-refractivity contribution in [1.82, 2.24) is 14.7 Å². The molecule has 4 rings (SSSR count). The van der Waals surface area contributed by atoms with E-state index in [-0.39, 0.29) is 42.0 Å². The average Bonchev–Trinajstić information content (AvgIpc) is 3.45. The molecule has 11 nitrogen and oxygen atoms in total. The van der Waals surface area contributed by atoms with E-state index in [1.807, 2.05) is 6.92 Å². The van der Waals surface area contributed by atoms with Gasteiger partial charge in [-0.25, -0.2) is 9.59 Å². The highest BCUT2D eigenvalue weighted by atomic mass is 16.6. The summed E-state index contributed by atoms with van der Waals surface area (Å²) in [6.07, 6.45) is 1.93. The summed E-state index contributed by atoms with van der Waals surface area (Å²) < 4.78 is 22.7. The molecule has 2 aromatic heterocycles. The lowest BCUT2D eigenvalue weighted by Crippen LogP contribution is -2.35. The van der Waals surface area contributed by atoms with E-state index in [0.29, 0.717) is 17.7 Å². The number of likely N-dealkylation sites (tertiary alicyclic amines) is 1. The monoisotopic (exact) mass is 498 g/mol. The van der Waals surface area contributed by atoms with Gasteiger partial charge in [-0.05, 0) is 57.5 Å². The molecule has 11 heteroatoms. The molecule has 1 aliphatic rings. The lowest BCUT2D eigenvalue weighted by atomic mass is 10.1. The van der Waals surface area contributed by atoms with E-state index in [4.69, 9.17) is 18.6 Å². The number of anilines is 1. The van der Waals surface area contributed by atoms with Gasteiger partial charge in [0.05, 0.1) is 13.2 Å². The Morgan fingerprint density at radius 2 is 1.83 bits per heavy atom. The number of esters is 1. The molecular formula is C25H30N4O7. The van der Waals surface area contributed by atoms with Crippen LogP contribution in [-0.4, -0.2) is 72.1 Å². The second-order valence-corrected chi connectivity index (χ2v) is 8.52. The van der Waals surface area contributed by atoms with Crippen molar-refractivity contribution < 1.29 is 33.0 Å². The standard InChI is InChI=1S/C25H30N4O7/c1-4-14-34-24(31)20-15-19-21(36-20)22(27-29(19)25(32)33-5-2)26-23(30)16-6-8-17(9-7-16)35-18-10-12-28(3)13-11-18/h6-9,15,18H,4-5,10-14H2,1-3H3,(H,26,27,30). The van der Waals surface area contributed by atoms with Crippen LogP contribution < -0.4 is 10.1 Å². The van der Waals surface area contributed by atoms with Crippen molar-refractivity contribution in [2.45, 2.75) is 39.2 Å². The van der Waals surface area contributed by atoms with Crippen LogP contribution in [0, 0.1) is 0 Å². The number of carbonyl (C=O) groups is 3. The number of piperidine rings is 1. The average molecular weight is 499 g/mol. The van der Waals surface area contributed by atoms with Crippen LogP contribution in [0.4, 0.5) is 10.6 Å². The van der Waals surface area contributed by atoms with E-state index in [1.165, 1.54) is 6.07 Å². The maximum atomic E-state index is 12.9. The van der Waals surface area contributed by atoms with Crippen molar-refractivity contribution >= 4 is 34.9 Å². The fourth-order valence-corrected chi connectivity index (χ4v) is 3.84. The number of furan rings is 1. The Balaban J connectivity index is 1.51. The van der Waals surface area contributed by atoms with Crippen LogP contribution in [0.15, 0.2) is 34.7 Å². The van der Waals surface area contributed by atoms with Gasteiger partial charge in [0.15, 0.2) is 11.4 Å². The number of nitrogens with one attached hydrogen (secondary N) is 1. The molecule has 0 saturated carbocycles. The van der Waals surface area contributed by atoms with Crippen LogP contribution in [-0.2, 0) is 9.47 Å². The van der Waals surface area contributed by atoms with Gasteiger partial charge in [0.25, 0.3) is 5.91 Å². The van der Waals surface area contributed by atoms with Gasteiger partial charge in [-0.3, -0.25) is 4.79 Å². The molecule has 1 N–H and O–H groups in total. The van der Waals surface area contributed by atoms with Crippen LogP contribution in [0.25, 0.3) is 11.1 Å². The zero-order valence-corrected chi connectivity index (χ0v) is 20.6. The number of hydrogen-bond donors (Lipinski definition) is 1. The minimum atomic E-state index is -0.771. The van der Waals surface area contributed by atoms with Gasteiger partial charge in [0.1, 0.15) is 17.4 Å². The molecule has 3 aromatic rings. The van der Waals surface area contributed by atoms with Gasteiger partial charge >= 0.3 is 12.1 Å². The molecule has 1 amide bonds. The molecule has 0 radical (unpaired) electrons. The second-order valence-electron chi connectivity index (χ2n) is 8.52. The second kappa shape index (κ2) is 11.3. The quantitative estimate of drug-likeness (QED) is 0.460. The molecule has 0 atom stereocenters. The van der Waals surface area contributed by atoms with E-state index in [9.17, 15) is 14.4 Å². The molecule has 0 spiro atoms. The van der Waals surface area contributed by atoms with Gasteiger partial charge < -0.3 is 28.8 Å². The van der Waals surface area contributed by atoms with Crippen molar-refractivity contribution in [3.05, 3.63) is 41.7 Å². The fraction of sp³-hybridized carbons (Fsp3) is 0.440. The summed E-state index contributed by atoms with van der Waals surface area (Å²) >= 11 is 0. The Morgan fingerprint density at radius 1 is 1.11 bits per heavy atom. The summed E-state index contributed by atoms with van der Waals surface area (Å²) in [7, 11) is 2.09. The number of aromatic nitrogens is 2. The normalized spacial score (nSPS) is 14.5. The number of fused-ring (bicyclic) bond motifs is 1. The molecule has 0 aliphatic carbocycles. The first kappa shape index (κ1) is 25.2. The summed E-state index contributed by atoms with van der Waals surface area (Å²) in [5.41, 5.74) is 0.592. The number of nitrogens with zero attached hydrogens (tertiary/aromatic N) is 3. The number of carbonyl (C=O) groups excluding carboxylic acids is 3. The first-order valence-electron chi connectivity index (χ1n) is 12.0. The molecule has 0 unspecified atom stereocenters. The van der Waals surface area contributed by atoms with Crippen LogP contribution in [0.3, 0.4) is 0 Å². The molecule has 1 aliphatic heterocycles. The van der Waals surface area contributed by atoms with Crippen molar-refractivity contribution in [3.8, 4) is 5.75 Å². The Morgan fingerprint density at radius 3 is 2.50 bits per heavy atom. The van der Waals surface area contributed by atoms with Crippen molar-refractivity contribution in [2.75, 3.05) is 38.7 Å². The van der Waals surface area contributed by atoms with Gasteiger partial charge in [-0.15, -0.1) is 5.10 Å². The van der Waals surface area contributed by atoms with Gasteiger partial charge in [-0.2, -0.15) is 4.68 Å². The number of benzene rings is 1. The molecule has 1 fully saturated rings. The first-order valence-corrected chi connectivity index (χ1v) is 12.0. The third-order valence-corrected chi connectivity index (χ3v) is 5.75. The number of hydrogen-bond acceptors (Lipinski definition) is 9. The number of amides is 1. The molecule has 192 valence electrons. The lowest BCUT2D eigenvalue weighted by molar-refractivity contribution is 0.0471. The summed E-state index contributed by atoms with van der Waals surface area (Å²) in [6, 6.07) is 8.12. The number of ether oxygens (including phenoxy) is 3. The zero-order valence-electron chi connectivity index (χ0n) is 20.6. The van der Waals surface area contributed by atoms with Gasteiger partial charge in [0, 0.05) is 24.7 Å². The smallest absolute Gasteiger partial charge is 0.435 e. The first-order chi connectivity index (χ1) is 17.4. The summed E-state index contributed by atoms with van der Waals surface area (Å²) in [4.78, 5) is 39.8. The topological polar surface area (TPSA) is 125 Å². The third kappa shape index (κ3) is 5.68. The minimum absolute atomic E-state index is 0.0238. The largest absolute Gasteiger partial charge is 0.490 e. The maximum Gasteiger partial charge on any atom is 0.435 e. The molecule has 0 bridgehead atoms. The highest BCUT2D eigenvalue weighted by Crippen LogP contribution is 2.28. The predicted molar refractivity (Wildman–Crippen MR) is 131 cm³/mol. The van der Waals surface area contributed by atoms with Crippen molar-refractivity contribution in [2.24, 2.45) is 0 Å². The van der Waals surface area contributed by atoms with Crippen LogP contribution >= 0.6 is 0 Å². The van der Waals surface area contributed by atoms with E-state index >= 15 is 0 Å². The fourth-order valence-electron chi connectivity index (χ4n) is 3.84. The number of rotatable bonds is 8.